The van der Waals surface area contributed by atoms with E-state index in [0.717, 1.165) is 32.0 Å². The molecule has 4 rings (SSSR count). The Morgan fingerprint density at radius 3 is 2.59 bits per heavy atom. The van der Waals surface area contributed by atoms with Crippen molar-refractivity contribution in [3.8, 4) is 11.5 Å². The SMILES string of the molecule is Fc1nc2nc(N3CCN(c4ccccn4)CC3)nc-2c[nH]1. The maximum absolute atomic E-state index is 13.1. The van der Waals surface area contributed by atoms with Crippen LogP contribution in [0.3, 0.4) is 0 Å². The Bertz CT molecular complexity index is 736. The highest BCUT2D eigenvalue weighted by atomic mass is 19.1. The van der Waals surface area contributed by atoms with Gasteiger partial charge >= 0.3 is 0 Å². The molecule has 1 fully saturated rings. The van der Waals surface area contributed by atoms with Crippen molar-refractivity contribution in [2.75, 3.05) is 36.0 Å². The highest BCUT2D eigenvalue weighted by Gasteiger charge is 2.23. The quantitative estimate of drug-likeness (QED) is 0.716. The molecule has 0 atom stereocenters. The summed E-state index contributed by atoms with van der Waals surface area (Å²) in [5, 5.41) is 0. The monoisotopic (exact) mass is 299 g/mol. The van der Waals surface area contributed by atoms with Crippen LogP contribution in [0, 0.1) is 6.08 Å². The highest BCUT2D eigenvalue weighted by molar-refractivity contribution is 5.56. The number of nitrogens with one attached hydrogen (secondary N) is 1. The zero-order chi connectivity index (χ0) is 14.9. The second kappa shape index (κ2) is 5.21. The average molecular weight is 299 g/mol. The van der Waals surface area contributed by atoms with Crippen molar-refractivity contribution in [3.05, 3.63) is 36.7 Å². The molecular weight excluding hydrogens is 285 g/mol. The molecule has 0 radical (unpaired) electrons. The van der Waals surface area contributed by atoms with Crippen LogP contribution < -0.4 is 9.80 Å². The van der Waals surface area contributed by atoms with Gasteiger partial charge in [-0.25, -0.2) is 9.97 Å². The predicted molar refractivity (Wildman–Crippen MR) is 79.4 cm³/mol. The number of H-pyrrole nitrogens is 1. The molecule has 0 amide bonds. The normalized spacial score (nSPS) is 15.5. The maximum Gasteiger partial charge on any atom is 0.288 e. The van der Waals surface area contributed by atoms with Crippen LogP contribution in [-0.2, 0) is 0 Å². The molecule has 1 saturated heterocycles. The summed E-state index contributed by atoms with van der Waals surface area (Å²) in [5.41, 5.74) is 0.573. The number of hydrogen-bond acceptors (Lipinski definition) is 6. The third kappa shape index (κ3) is 2.32. The number of nitrogens with zero attached hydrogens (tertiary/aromatic N) is 6. The summed E-state index contributed by atoms with van der Waals surface area (Å²) < 4.78 is 13.1. The van der Waals surface area contributed by atoms with Crippen molar-refractivity contribution in [2.24, 2.45) is 0 Å². The lowest BCUT2D eigenvalue weighted by molar-refractivity contribution is 0.538. The molecule has 1 aromatic heterocycles. The second-order valence-corrected chi connectivity index (χ2v) is 5.09. The van der Waals surface area contributed by atoms with Gasteiger partial charge in [-0.15, -0.1) is 0 Å². The summed E-state index contributed by atoms with van der Waals surface area (Å²) in [5.74, 6) is 1.91. The summed E-state index contributed by atoms with van der Waals surface area (Å²) in [6.45, 7) is 3.27. The number of pyridine rings is 1. The average Bonchev–Trinajstić information content (AvgIpc) is 2.99. The van der Waals surface area contributed by atoms with Crippen molar-refractivity contribution >= 4 is 11.8 Å². The summed E-state index contributed by atoms with van der Waals surface area (Å²) in [7, 11) is 0. The summed E-state index contributed by atoms with van der Waals surface area (Å²) in [6.07, 6.45) is 2.63. The Kier molecular flexibility index (Phi) is 3.06. The Morgan fingerprint density at radius 1 is 1.00 bits per heavy atom. The van der Waals surface area contributed by atoms with E-state index in [0.29, 0.717) is 17.5 Å². The second-order valence-electron chi connectivity index (χ2n) is 5.09. The molecule has 112 valence electrons. The standard InChI is InChI=1S/C14H14FN7/c15-13-17-9-10-12(19-13)20-14(18-10)22-7-5-21(6-8-22)11-3-1-2-4-16-11/h1-4,9H,5-8H2,(H,17,18,19,20). The van der Waals surface area contributed by atoms with E-state index in [1.165, 1.54) is 6.20 Å². The zero-order valence-corrected chi connectivity index (χ0v) is 11.8. The minimum Gasteiger partial charge on any atom is -0.353 e. The number of imidazole rings is 1. The third-order valence-electron chi connectivity index (χ3n) is 3.72. The first kappa shape index (κ1) is 12.9. The lowest BCUT2D eigenvalue weighted by atomic mass is 10.3. The topological polar surface area (TPSA) is 73.8 Å². The Balaban J connectivity index is 1.50. The molecule has 1 aromatic rings. The van der Waals surface area contributed by atoms with Gasteiger partial charge in [0, 0.05) is 38.6 Å². The van der Waals surface area contributed by atoms with E-state index in [4.69, 9.17) is 0 Å². The molecule has 0 aliphatic carbocycles. The number of anilines is 2. The van der Waals surface area contributed by atoms with Gasteiger partial charge in [-0.2, -0.15) is 14.4 Å². The summed E-state index contributed by atoms with van der Waals surface area (Å²) in [4.78, 5) is 23.5. The minimum atomic E-state index is -0.654. The summed E-state index contributed by atoms with van der Waals surface area (Å²) in [6, 6.07) is 5.90. The van der Waals surface area contributed by atoms with E-state index in [2.05, 4.69) is 34.7 Å². The Morgan fingerprint density at radius 2 is 1.82 bits per heavy atom. The highest BCUT2D eigenvalue weighted by Crippen LogP contribution is 2.22. The first-order chi connectivity index (χ1) is 10.8. The number of aromatic amines is 1. The van der Waals surface area contributed by atoms with Crippen LogP contribution in [-0.4, -0.2) is 51.1 Å². The smallest absolute Gasteiger partial charge is 0.288 e. The molecule has 0 spiro atoms. The molecular formula is C14H14FN7. The van der Waals surface area contributed by atoms with Gasteiger partial charge in [-0.1, -0.05) is 6.07 Å². The minimum absolute atomic E-state index is 0.332. The molecule has 0 aromatic carbocycles. The van der Waals surface area contributed by atoms with E-state index in [-0.39, 0.29) is 0 Å². The maximum atomic E-state index is 13.1. The molecule has 22 heavy (non-hydrogen) atoms. The van der Waals surface area contributed by atoms with Crippen LogP contribution in [0.1, 0.15) is 0 Å². The molecule has 0 bridgehead atoms. The van der Waals surface area contributed by atoms with Gasteiger partial charge in [-0.3, -0.25) is 0 Å². The largest absolute Gasteiger partial charge is 0.353 e. The molecule has 4 heterocycles. The van der Waals surface area contributed by atoms with Crippen molar-refractivity contribution < 1.29 is 4.39 Å². The van der Waals surface area contributed by atoms with E-state index >= 15 is 0 Å². The molecule has 0 saturated carbocycles. The number of hydrogen-bond donors (Lipinski definition) is 1. The van der Waals surface area contributed by atoms with E-state index in [1.807, 2.05) is 18.2 Å². The fourth-order valence-electron chi connectivity index (χ4n) is 2.58. The van der Waals surface area contributed by atoms with Gasteiger partial charge in [0.15, 0.2) is 5.82 Å². The predicted octanol–water partition coefficient (Wildman–Crippen LogP) is 1.17. The van der Waals surface area contributed by atoms with Gasteiger partial charge in [0.05, 0.1) is 0 Å². The molecule has 0 unspecified atom stereocenters. The Hall–Kier alpha value is -2.77. The number of halogens is 1. The van der Waals surface area contributed by atoms with E-state index < -0.39 is 6.08 Å². The van der Waals surface area contributed by atoms with Crippen LogP contribution in [0.15, 0.2) is 30.6 Å². The molecule has 1 N–H and O–H groups in total. The van der Waals surface area contributed by atoms with Crippen LogP contribution >= 0.6 is 0 Å². The fourth-order valence-corrected chi connectivity index (χ4v) is 2.58. The zero-order valence-electron chi connectivity index (χ0n) is 11.8. The van der Waals surface area contributed by atoms with Crippen LogP contribution in [0.4, 0.5) is 16.2 Å². The van der Waals surface area contributed by atoms with Gasteiger partial charge < -0.3 is 14.8 Å². The van der Waals surface area contributed by atoms with Crippen molar-refractivity contribution in [1.82, 2.24) is 24.9 Å². The lowest BCUT2D eigenvalue weighted by Gasteiger charge is -2.34. The molecule has 7 nitrogen and oxygen atoms in total. The first-order valence-electron chi connectivity index (χ1n) is 7.09. The van der Waals surface area contributed by atoms with Crippen LogP contribution in [0.2, 0.25) is 0 Å². The number of rotatable bonds is 2. The van der Waals surface area contributed by atoms with Crippen molar-refractivity contribution in [3.63, 3.8) is 0 Å². The molecule has 8 heteroatoms. The number of fused-ring (bicyclic) bond motifs is 1. The van der Waals surface area contributed by atoms with Gasteiger partial charge in [0.2, 0.25) is 5.95 Å². The van der Waals surface area contributed by atoms with Crippen LogP contribution in [0.25, 0.3) is 11.5 Å². The fraction of sp³-hybridized carbons (Fsp3) is 0.286. The summed E-state index contributed by atoms with van der Waals surface area (Å²) >= 11 is 0. The first-order valence-corrected chi connectivity index (χ1v) is 7.09. The Labute approximate surface area is 126 Å². The molecule has 3 aliphatic heterocycles. The van der Waals surface area contributed by atoms with Gasteiger partial charge in [0.1, 0.15) is 11.5 Å². The van der Waals surface area contributed by atoms with Gasteiger partial charge in [0.25, 0.3) is 6.08 Å². The van der Waals surface area contributed by atoms with Crippen molar-refractivity contribution in [1.29, 1.82) is 0 Å². The van der Waals surface area contributed by atoms with E-state index in [1.54, 1.807) is 6.20 Å². The van der Waals surface area contributed by atoms with Crippen molar-refractivity contribution in [2.45, 2.75) is 0 Å². The third-order valence-corrected chi connectivity index (χ3v) is 3.72. The van der Waals surface area contributed by atoms with E-state index in [9.17, 15) is 4.39 Å². The van der Waals surface area contributed by atoms with Gasteiger partial charge in [-0.05, 0) is 12.1 Å². The lowest BCUT2D eigenvalue weighted by Crippen LogP contribution is -2.47. The van der Waals surface area contributed by atoms with Crippen LogP contribution in [0.5, 0.6) is 0 Å². The molecule has 3 aliphatic rings. The number of aromatic nitrogens is 5. The number of piperazine rings is 1.